The van der Waals surface area contributed by atoms with Gasteiger partial charge in [0.1, 0.15) is 11.4 Å². The lowest BCUT2D eigenvalue weighted by Gasteiger charge is -2.53. The Morgan fingerprint density at radius 2 is 1.93 bits per heavy atom. The van der Waals surface area contributed by atoms with Crippen molar-refractivity contribution < 1.29 is 0 Å². The molecule has 2 fully saturated rings. The highest BCUT2D eigenvalue weighted by molar-refractivity contribution is 7.17. The minimum atomic E-state index is -0.218. The molecule has 1 spiro atoms. The summed E-state index contributed by atoms with van der Waals surface area (Å²) in [5.74, 6) is 0.520. The average Bonchev–Trinajstić information content (AvgIpc) is 3.33. The second-order valence-electron chi connectivity index (χ2n) is 8.85. The number of rotatable bonds is 2. The van der Waals surface area contributed by atoms with Gasteiger partial charge in [0.2, 0.25) is 0 Å². The molecule has 7 nitrogen and oxygen atoms in total. The average molecular weight is 421 g/mol. The van der Waals surface area contributed by atoms with E-state index < -0.39 is 0 Å². The molecule has 0 unspecified atom stereocenters. The summed E-state index contributed by atoms with van der Waals surface area (Å²) in [6, 6.07) is 8.18. The number of hydrogen-bond donors (Lipinski definition) is 3. The van der Waals surface area contributed by atoms with Crippen LogP contribution in [0.15, 0.2) is 34.4 Å². The number of imidazole rings is 1. The van der Waals surface area contributed by atoms with Crippen LogP contribution in [0.5, 0.6) is 0 Å². The van der Waals surface area contributed by atoms with Crippen molar-refractivity contribution >= 4 is 44.0 Å². The van der Waals surface area contributed by atoms with Gasteiger partial charge in [-0.1, -0.05) is 0 Å². The predicted octanol–water partition coefficient (Wildman–Crippen LogP) is 3.25. The Morgan fingerprint density at radius 3 is 2.70 bits per heavy atom. The van der Waals surface area contributed by atoms with Gasteiger partial charge in [0.25, 0.3) is 5.56 Å². The van der Waals surface area contributed by atoms with Crippen molar-refractivity contribution in [3.63, 3.8) is 0 Å². The van der Waals surface area contributed by atoms with Crippen molar-refractivity contribution in [3.05, 3.63) is 40.0 Å². The first kappa shape index (κ1) is 18.0. The number of hydrogen-bond acceptors (Lipinski definition) is 6. The Labute approximate surface area is 177 Å². The third-order valence-electron chi connectivity index (χ3n) is 6.76. The summed E-state index contributed by atoms with van der Waals surface area (Å²) >= 11 is 1.52. The van der Waals surface area contributed by atoms with E-state index in [1.54, 1.807) is 0 Å². The number of aromatic nitrogens is 3. The molecule has 3 aromatic heterocycles. The standard InChI is InChI=1S/C22H24N6OS/c1-27-11-22(12-27)5-7-28(8-6-22)13-2-3-14-16(10-13)25-20(24-14)17-18(23)19-15(4-9-30-19)26-21(17)29/h2-4,9-10H,5-8,11-12H2,1H3,(H,24,25)(H3,23,26,29). The lowest BCUT2D eigenvalue weighted by molar-refractivity contribution is 0.00132. The molecule has 2 aliphatic heterocycles. The van der Waals surface area contributed by atoms with Crippen LogP contribution >= 0.6 is 11.3 Å². The van der Waals surface area contributed by atoms with Crippen molar-refractivity contribution in [2.45, 2.75) is 12.8 Å². The first-order chi connectivity index (χ1) is 14.5. The number of nitrogens with two attached hydrogens (primary N) is 1. The van der Waals surface area contributed by atoms with E-state index >= 15 is 0 Å². The zero-order chi connectivity index (χ0) is 20.5. The van der Waals surface area contributed by atoms with Crippen molar-refractivity contribution in [2.24, 2.45) is 5.41 Å². The van der Waals surface area contributed by atoms with Crippen LogP contribution in [0.2, 0.25) is 0 Å². The lowest BCUT2D eigenvalue weighted by Crippen LogP contribution is -2.58. The maximum absolute atomic E-state index is 12.7. The van der Waals surface area contributed by atoms with Crippen LogP contribution in [0.1, 0.15) is 12.8 Å². The smallest absolute Gasteiger partial charge is 0.261 e. The van der Waals surface area contributed by atoms with E-state index in [2.05, 4.69) is 43.9 Å². The number of likely N-dealkylation sites (tertiary alicyclic amines) is 1. The highest BCUT2D eigenvalue weighted by Gasteiger charge is 2.43. The van der Waals surface area contributed by atoms with Gasteiger partial charge in [-0.3, -0.25) is 4.79 Å². The minimum Gasteiger partial charge on any atom is -0.397 e. The highest BCUT2D eigenvalue weighted by atomic mass is 32.1. The van der Waals surface area contributed by atoms with Gasteiger partial charge in [0, 0.05) is 31.9 Å². The summed E-state index contributed by atoms with van der Waals surface area (Å²) in [6.45, 7) is 4.63. The monoisotopic (exact) mass is 420 g/mol. The summed E-state index contributed by atoms with van der Waals surface area (Å²) in [7, 11) is 2.20. The number of fused-ring (bicyclic) bond motifs is 2. The van der Waals surface area contributed by atoms with Crippen LogP contribution < -0.4 is 16.2 Å². The zero-order valence-electron chi connectivity index (χ0n) is 16.9. The number of aromatic amines is 2. The van der Waals surface area contributed by atoms with E-state index in [4.69, 9.17) is 5.73 Å². The van der Waals surface area contributed by atoms with Crippen molar-refractivity contribution in [1.29, 1.82) is 0 Å². The molecule has 0 amide bonds. The van der Waals surface area contributed by atoms with E-state index in [9.17, 15) is 4.79 Å². The molecule has 0 aliphatic carbocycles. The van der Waals surface area contributed by atoms with Gasteiger partial charge in [-0.15, -0.1) is 11.3 Å². The molecule has 0 atom stereocenters. The van der Waals surface area contributed by atoms with E-state index in [0.29, 0.717) is 22.5 Å². The predicted molar refractivity (Wildman–Crippen MR) is 123 cm³/mol. The van der Waals surface area contributed by atoms with Gasteiger partial charge >= 0.3 is 0 Å². The number of pyridine rings is 1. The van der Waals surface area contributed by atoms with E-state index in [1.165, 1.54) is 43.0 Å². The van der Waals surface area contributed by atoms with Crippen LogP contribution in [0, 0.1) is 5.41 Å². The van der Waals surface area contributed by atoms with Crippen molar-refractivity contribution in [2.75, 3.05) is 43.9 Å². The van der Waals surface area contributed by atoms with Gasteiger partial charge in [-0.2, -0.15) is 0 Å². The van der Waals surface area contributed by atoms with Gasteiger partial charge in [-0.05, 0) is 54.9 Å². The van der Waals surface area contributed by atoms with Crippen LogP contribution in [-0.4, -0.2) is 53.1 Å². The molecule has 0 radical (unpaired) electrons. The Bertz CT molecular complexity index is 1320. The minimum absolute atomic E-state index is 0.218. The Morgan fingerprint density at radius 1 is 1.13 bits per heavy atom. The fourth-order valence-electron chi connectivity index (χ4n) is 5.24. The SMILES string of the molecule is CN1CC2(CCN(c3ccc4nc(-c5c(N)c6sccc6[nH]c5=O)[nH]c4c3)CC2)C1. The molecule has 5 heterocycles. The molecule has 8 heteroatoms. The fraction of sp³-hybridized carbons (Fsp3) is 0.364. The molecule has 4 aromatic rings. The quantitative estimate of drug-likeness (QED) is 0.463. The number of benzene rings is 1. The third-order valence-corrected chi connectivity index (χ3v) is 7.70. The topological polar surface area (TPSA) is 94.0 Å². The molecule has 0 bridgehead atoms. The molecule has 2 aliphatic rings. The van der Waals surface area contributed by atoms with E-state index in [-0.39, 0.29) is 5.56 Å². The largest absolute Gasteiger partial charge is 0.397 e. The molecule has 0 saturated carbocycles. The zero-order valence-corrected chi connectivity index (χ0v) is 17.7. The summed E-state index contributed by atoms with van der Waals surface area (Å²) in [5.41, 5.74) is 11.3. The second-order valence-corrected chi connectivity index (χ2v) is 9.77. The number of nitrogen functional groups attached to an aromatic ring is 1. The van der Waals surface area contributed by atoms with Gasteiger partial charge in [0.15, 0.2) is 0 Å². The van der Waals surface area contributed by atoms with E-state index in [0.717, 1.165) is 34.3 Å². The number of anilines is 2. The van der Waals surface area contributed by atoms with Crippen LogP contribution in [-0.2, 0) is 0 Å². The lowest BCUT2D eigenvalue weighted by atomic mass is 9.72. The second kappa shape index (κ2) is 6.33. The first-order valence-electron chi connectivity index (χ1n) is 10.3. The van der Waals surface area contributed by atoms with Gasteiger partial charge < -0.3 is 25.5 Å². The number of nitrogens with one attached hydrogen (secondary N) is 2. The normalized spacial score (nSPS) is 19.0. The van der Waals surface area contributed by atoms with E-state index in [1.807, 2.05) is 17.5 Å². The highest BCUT2D eigenvalue weighted by Crippen LogP contribution is 2.40. The summed E-state index contributed by atoms with van der Waals surface area (Å²) in [5, 5.41) is 1.93. The molecule has 1 aromatic carbocycles. The Kier molecular flexibility index (Phi) is 3.79. The number of thiophene rings is 1. The van der Waals surface area contributed by atoms with Gasteiger partial charge in [-0.25, -0.2) is 4.98 Å². The summed E-state index contributed by atoms with van der Waals surface area (Å²) < 4.78 is 0.884. The maximum Gasteiger partial charge on any atom is 0.261 e. The Balaban J connectivity index is 1.33. The summed E-state index contributed by atoms with van der Waals surface area (Å²) in [4.78, 5) is 28.4. The van der Waals surface area contributed by atoms with Gasteiger partial charge in [0.05, 0.1) is 26.9 Å². The molecule has 154 valence electrons. The molecule has 2 saturated heterocycles. The van der Waals surface area contributed by atoms with Crippen LogP contribution in [0.25, 0.3) is 32.6 Å². The molecule has 30 heavy (non-hydrogen) atoms. The fourth-order valence-corrected chi connectivity index (χ4v) is 6.05. The third kappa shape index (κ3) is 2.67. The first-order valence-corrected chi connectivity index (χ1v) is 11.2. The molecule has 6 rings (SSSR count). The number of nitrogens with zero attached hydrogens (tertiary/aromatic N) is 3. The molecule has 4 N–H and O–H groups in total. The molecular formula is C22H24N6OS. The van der Waals surface area contributed by atoms with Crippen molar-refractivity contribution in [1.82, 2.24) is 19.9 Å². The summed E-state index contributed by atoms with van der Waals surface area (Å²) in [6.07, 6.45) is 2.49. The number of piperidine rings is 1. The molecular weight excluding hydrogens is 396 g/mol. The van der Waals surface area contributed by atoms with Crippen molar-refractivity contribution in [3.8, 4) is 11.4 Å². The number of H-pyrrole nitrogens is 2. The van der Waals surface area contributed by atoms with Crippen LogP contribution in [0.3, 0.4) is 0 Å². The Hall–Kier alpha value is -2.84. The van der Waals surface area contributed by atoms with Crippen LogP contribution in [0.4, 0.5) is 11.4 Å². The maximum atomic E-state index is 12.7.